The van der Waals surface area contributed by atoms with E-state index in [4.69, 9.17) is 10.00 Å². The molecule has 1 fully saturated rings. The quantitative estimate of drug-likeness (QED) is 0.606. The van der Waals surface area contributed by atoms with Gasteiger partial charge < -0.3 is 14.2 Å². The summed E-state index contributed by atoms with van der Waals surface area (Å²) in [6.45, 7) is 6.05. The SMILES string of the molecule is COc1ccccc1N1CCN(CCn2ccc3ccc(C#N)cc32)CC1.Cl.Cl. The van der Waals surface area contributed by atoms with Crippen molar-refractivity contribution in [1.82, 2.24) is 9.47 Å². The Bertz CT molecular complexity index is 974. The fraction of sp³-hybridized carbons (Fsp3) is 0.318. The summed E-state index contributed by atoms with van der Waals surface area (Å²) in [7, 11) is 1.73. The maximum Gasteiger partial charge on any atom is 0.142 e. The minimum absolute atomic E-state index is 0. The van der Waals surface area contributed by atoms with E-state index in [9.17, 15) is 0 Å². The summed E-state index contributed by atoms with van der Waals surface area (Å²) in [6, 6.07) is 18.5. The fourth-order valence-corrected chi connectivity index (χ4v) is 3.80. The van der Waals surface area contributed by atoms with Gasteiger partial charge in [0.1, 0.15) is 5.75 Å². The molecule has 154 valence electrons. The highest BCUT2D eigenvalue weighted by Gasteiger charge is 2.19. The molecule has 1 aromatic heterocycles. The van der Waals surface area contributed by atoms with Crippen LogP contribution in [0.2, 0.25) is 0 Å². The summed E-state index contributed by atoms with van der Waals surface area (Å²) >= 11 is 0. The van der Waals surface area contributed by atoms with Gasteiger partial charge in [0.05, 0.1) is 24.4 Å². The Morgan fingerprint density at radius 1 is 0.966 bits per heavy atom. The van der Waals surface area contributed by atoms with Gasteiger partial charge >= 0.3 is 0 Å². The zero-order valence-corrected chi connectivity index (χ0v) is 18.1. The monoisotopic (exact) mass is 432 g/mol. The molecule has 0 saturated carbocycles. The van der Waals surface area contributed by atoms with E-state index in [2.05, 4.69) is 44.8 Å². The van der Waals surface area contributed by atoms with E-state index < -0.39 is 0 Å². The zero-order valence-electron chi connectivity index (χ0n) is 16.5. The first-order valence-corrected chi connectivity index (χ1v) is 9.38. The minimum Gasteiger partial charge on any atom is -0.495 e. The van der Waals surface area contributed by atoms with E-state index in [-0.39, 0.29) is 24.8 Å². The predicted molar refractivity (Wildman–Crippen MR) is 123 cm³/mol. The lowest BCUT2D eigenvalue weighted by Gasteiger charge is -2.36. The number of para-hydroxylation sites is 2. The van der Waals surface area contributed by atoms with Gasteiger partial charge in [-0.1, -0.05) is 18.2 Å². The molecule has 5 nitrogen and oxygen atoms in total. The molecule has 29 heavy (non-hydrogen) atoms. The number of halogens is 2. The van der Waals surface area contributed by atoms with Crippen LogP contribution >= 0.6 is 24.8 Å². The molecule has 2 heterocycles. The molecule has 1 saturated heterocycles. The molecular formula is C22H26Cl2N4O. The van der Waals surface area contributed by atoms with Crippen molar-refractivity contribution in [2.24, 2.45) is 0 Å². The van der Waals surface area contributed by atoms with Crippen molar-refractivity contribution in [3.63, 3.8) is 0 Å². The van der Waals surface area contributed by atoms with Crippen LogP contribution in [0.3, 0.4) is 0 Å². The van der Waals surface area contributed by atoms with Crippen molar-refractivity contribution >= 4 is 41.4 Å². The number of methoxy groups -OCH3 is 1. The highest BCUT2D eigenvalue weighted by molar-refractivity contribution is 5.85. The Balaban J connectivity index is 0.00000150. The molecule has 1 aliphatic heterocycles. The average molecular weight is 433 g/mol. The van der Waals surface area contributed by atoms with Gasteiger partial charge in [-0.25, -0.2) is 0 Å². The molecule has 0 amide bonds. The first-order valence-electron chi connectivity index (χ1n) is 9.38. The van der Waals surface area contributed by atoms with E-state index in [1.807, 2.05) is 30.3 Å². The standard InChI is InChI=1S/C22H24N4O.2ClH/c1-27-22-5-3-2-4-20(22)26-14-11-24(12-15-26)10-13-25-9-8-19-7-6-18(17-23)16-21(19)25;;/h2-9,16H,10-15H2,1H3;2*1H. The van der Waals surface area contributed by atoms with E-state index in [1.54, 1.807) is 7.11 Å². The van der Waals surface area contributed by atoms with E-state index in [0.29, 0.717) is 5.56 Å². The third kappa shape index (κ3) is 4.97. The normalized spacial score (nSPS) is 14.0. The van der Waals surface area contributed by atoms with Gasteiger partial charge in [-0.2, -0.15) is 5.26 Å². The van der Waals surface area contributed by atoms with E-state index in [0.717, 1.165) is 50.5 Å². The second-order valence-electron chi connectivity index (χ2n) is 6.90. The Labute approximate surface area is 184 Å². The van der Waals surface area contributed by atoms with Crippen LogP contribution in [0.5, 0.6) is 5.75 Å². The fourth-order valence-electron chi connectivity index (χ4n) is 3.80. The summed E-state index contributed by atoms with van der Waals surface area (Å²) in [4.78, 5) is 4.91. The van der Waals surface area contributed by atoms with Gasteiger partial charge in [-0.05, 0) is 35.7 Å². The van der Waals surface area contributed by atoms with Crippen LogP contribution in [0.4, 0.5) is 5.69 Å². The molecule has 3 aromatic rings. The zero-order chi connectivity index (χ0) is 18.6. The molecule has 0 N–H and O–H groups in total. The molecule has 0 atom stereocenters. The summed E-state index contributed by atoms with van der Waals surface area (Å²) in [5, 5.41) is 10.3. The van der Waals surface area contributed by atoms with Gasteiger partial charge in [0.15, 0.2) is 0 Å². The number of hydrogen-bond acceptors (Lipinski definition) is 4. The first kappa shape index (κ1) is 22.9. The van der Waals surface area contributed by atoms with Gasteiger partial charge in [-0.15, -0.1) is 24.8 Å². The highest BCUT2D eigenvalue weighted by atomic mass is 35.5. The van der Waals surface area contributed by atoms with Crippen LogP contribution in [0.1, 0.15) is 5.56 Å². The maximum atomic E-state index is 9.13. The number of ether oxygens (including phenoxy) is 1. The molecule has 7 heteroatoms. The van der Waals surface area contributed by atoms with Gasteiger partial charge in [0, 0.05) is 51.0 Å². The smallest absolute Gasteiger partial charge is 0.142 e. The van der Waals surface area contributed by atoms with Crippen LogP contribution in [0.25, 0.3) is 10.9 Å². The molecule has 0 spiro atoms. The molecule has 0 aliphatic carbocycles. The van der Waals surface area contributed by atoms with E-state index in [1.165, 1.54) is 11.1 Å². The third-order valence-electron chi connectivity index (χ3n) is 5.36. The minimum atomic E-state index is 0. The van der Waals surface area contributed by atoms with Gasteiger partial charge in [0.25, 0.3) is 0 Å². The largest absolute Gasteiger partial charge is 0.495 e. The average Bonchev–Trinajstić information content (AvgIpc) is 3.14. The Kier molecular flexibility index (Phi) is 8.21. The van der Waals surface area contributed by atoms with Crippen LogP contribution in [0.15, 0.2) is 54.7 Å². The first-order chi connectivity index (χ1) is 13.3. The molecule has 1 aliphatic rings. The lowest BCUT2D eigenvalue weighted by molar-refractivity contribution is 0.248. The number of aromatic nitrogens is 1. The Morgan fingerprint density at radius 3 is 2.45 bits per heavy atom. The molecule has 0 unspecified atom stereocenters. The number of nitrogens with zero attached hydrogens (tertiary/aromatic N) is 4. The third-order valence-corrected chi connectivity index (χ3v) is 5.36. The summed E-state index contributed by atoms with van der Waals surface area (Å²) < 4.78 is 7.75. The number of piperazine rings is 1. The molecule has 4 rings (SSSR count). The van der Waals surface area contributed by atoms with Crippen LogP contribution in [-0.2, 0) is 6.54 Å². The topological polar surface area (TPSA) is 44.4 Å². The summed E-state index contributed by atoms with van der Waals surface area (Å²) in [5.74, 6) is 0.943. The number of hydrogen-bond donors (Lipinski definition) is 0. The lowest BCUT2D eigenvalue weighted by Crippen LogP contribution is -2.47. The highest BCUT2D eigenvalue weighted by Crippen LogP contribution is 2.28. The molecular weight excluding hydrogens is 407 g/mol. The van der Waals surface area contributed by atoms with Gasteiger partial charge in [0.2, 0.25) is 0 Å². The molecule has 2 aromatic carbocycles. The number of anilines is 1. The van der Waals surface area contributed by atoms with E-state index >= 15 is 0 Å². The van der Waals surface area contributed by atoms with Crippen molar-refractivity contribution in [3.05, 3.63) is 60.3 Å². The van der Waals surface area contributed by atoms with Crippen LogP contribution in [0, 0.1) is 11.3 Å². The van der Waals surface area contributed by atoms with Crippen molar-refractivity contribution in [2.45, 2.75) is 6.54 Å². The molecule has 0 bridgehead atoms. The lowest BCUT2D eigenvalue weighted by atomic mass is 10.2. The van der Waals surface area contributed by atoms with Crippen LogP contribution < -0.4 is 9.64 Å². The molecule has 0 radical (unpaired) electrons. The predicted octanol–water partition coefficient (Wildman–Crippen LogP) is 4.19. The Morgan fingerprint density at radius 2 is 1.72 bits per heavy atom. The van der Waals surface area contributed by atoms with Gasteiger partial charge in [-0.3, -0.25) is 4.90 Å². The van der Waals surface area contributed by atoms with Crippen molar-refractivity contribution < 1.29 is 4.74 Å². The maximum absolute atomic E-state index is 9.13. The number of rotatable bonds is 5. The number of benzene rings is 2. The summed E-state index contributed by atoms with van der Waals surface area (Å²) in [5.41, 5.74) is 3.04. The number of nitriles is 1. The van der Waals surface area contributed by atoms with Crippen molar-refractivity contribution in [2.75, 3.05) is 44.7 Å². The second-order valence-corrected chi connectivity index (χ2v) is 6.90. The van der Waals surface area contributed by atoms with Crippen LogP contribution in [-0.4, -0.2) is 49.3 Å². The second kappa shape index (κ2) is 10.4. The number of fused-ring (bicyclic) bond motifs is 1. The Hall–Kier alpha value is -2.39. The van der Waals surface area contributed by atoms with Crippen molar-refractivity contribution in [1.29, 1.82) is 5.26 Å². The summed E-state index contributed by atoms with van der Waals surface area (Å²) in [6.07, 6.45) is 2.12. The van der Waals surface area contributed by atoms with Crippen molar-refractivity contribution in [3.8, 4) is 11.8 Å².